The first-order chi connectivity index (χ1) is 65.2. The number of amides is 3. The minimum Gasteiger partial charge on any atom is -0.512 e. The molecule has 0 radical (unpaired) electrons. The molecule has 3 amide bonds. The van der Waals surface area contributed by atoms with Crippen LogP contribution in [0.15, 0.2) is 116 Å². The Morgan fingerprint density at radius 2 is 0.838 bits per heavy atom. The number of amidine groups is 2. The minimum absolute atomic E-state index is 0.00926. The van der Waals surface area contributed by atoms with Crippen LogP contribution in [0.2, 0.25) is 0 Å². The summed E-state index contributed by atoms with van der Waals surface area (Å²) in [6, 6.07) is 6.21. The summed E-state index contributed by atoms with van der Waals surface area (Å²) in [6.07, 6.45) is 15.4. The van der Waals surface area contributed by atoms with E-state index in [1.165, 1.54) is 17.5 Å². The molecule has 0 aromatic carbocycles. The lowest BCUT2D eigenvalue weighted by atomic mass is 9.98. The van der Waals surface area contributed by atoms with E-state index < -0.39 is 0 Å². The van der Waals surface area contributed by atoms with Crippen LogP contribution in [0.5, 0.6) is 0 Å². The maximum Gasteiger partial charge on any atom is 0.247 e. The van der Waals surface area contributed by atoms with Gasteiger partial charge in [-0.2, -0.15) is 20.8 Å². The van der Waals surface area contributed by atoms with Crippen molar-refractivity contribution in [3.05, 3.63) is 136 Å². The molecule has 20 N–H and O–H groups in total. The van der Waals surface area contributed by atoms with Crippen LogP contribution in [0, 0.1) is 76.9 Å². The third-order valence-electron chi connectivity index (χ3n) is 16.6. The van der Waals surface area contributed by atoms with E-state index in [1.54, 1.807) is 46.0 Å². The van der Waals surface area contributed by atoms with E-state index in [-0.39, 0.29) is 65.3 Å². The summed E-state index contributed by atoms with van der Waals surface area (Å²) in [5, 5.41) is 87.4. The van der Waals surface area contributed by atoms with Gasteiger partial charge in [0.2, 0.25) is 23.3 Å². The van der Waals surface area contributed by atoms with E-state index >= 15 is 0 Å². The number of nitrogens with one attached hydrogen (secondary N) is 9. The molecule has 8 rings (SSSR count). The molecule has 824 valence electrons. The Bertz CT molecular complexity index is 3830. The highest BCUT2D eigenvalue weighted by Gasteiger charge is 2.14. The lowest BCUT2D eigenvalue weighted by Gasteiger charge is -2.18. The van der Waals surface area contributed by atoms with Gasteiger partial charge in [0.1, 0.15) is 24.4 Å². The summed E-state index contributed by atoms with van der Waals surface area (Å²) in [4.78, 5) is 66.9. The first kappa shape index (κ1) is 152. The number of aromatic amines is 6. The van der Waals surface area contributed by atoms with Crippen molar-refractivity contribution in [2.24, 2.45) is 125 Å². The highest BCUT2D eigenvalue weighted by molar-refractivity contribution is 5.88. The summed E-state index contributed by atoms with van der Waals surface area (Å²) < 4.78 is 0. The summed E-state index contributed by atoms with van der Waals surface area (Å²) in [6.45, 7) is 106. The van der Waals surface area contributed by atoms with Gasteiger partial charge < -0.3 is 63.8 Å². The Hall–Kier alpha value is -10.4. The number of nitrogens with two attached hydrogens (primary N) is 4. The number of nitrogens with zero attached hydrogens (tertiary/aromatic N) is 16. The number of rotatable bonds is 24. The van der Waals surface area contributed by atoms with Crippen molar-refractivity contribution in [3.8, 4) is 0 Å². The summed E-state index contributed by atoms with van der Waals surface area (Å²) in [7, 11) is 0. The standard InChI is InChI=1S/2C9H16N2.C8H18O.C8H16O.2C7H16N2.C7H17NO.C7H15NO.C6H7N.C5H9N3.C5H5NO.3C4H8N4.2C4H9NO.2C4H10/c2*1-6(2)8-5-10-9(11-8)7(3)4;2*1-6(2)5-8(9)7(3)4;2*1-5(2)7(8)9-6(3)4;2*1-5(2)7(9)8-6(3)4;1-6-4-2-3-5-7-6;1-4(2)5-3-6-8-7-5;7-5-3-1-2-4-6-5;3*1-3(2)4-5-7-8-6-4;2*1-3(2)4(5)6;2*1-4(2)3/h2*5-7H,1-4H3,(H,10,11);6-9H,5H2,1-4H3;5-7,9H,1-4H3;2*5-6H,1-4H3,(H2,8,9);5-9H,1-4H3;5-6H,1-4H3,(H,8,9);2-5,7H,1H2;4H,3H2,1-2H3;1-4H,(H,6,7);3*3H,1-2H3,(H,5,6,7,8);2*3H,1-2H3,(H2,5,6);2*4H,1-3H3/b;;;8-5-;;;;;;;;;;;;;;. The van der Waals surface area contributed by atoms with Crippen LogP contribution in [0.25, 0.3) is 0 Å². The molecular formula is C106H213N29O7. The fraction of sp³-hybridized carbons (Fsp3) is 0.736. The Morgan fingerprint density at radius 1 is 0.472 bits per heavy atom. The molecule has 36 heteroatoms. The topological polar surface area (TPSA) is 567 Å². The molecular weight excluding hydrogens is 1790 g/mol. The third-order valence-corrected chi connectivity index (χ3v) is 16.6. The summed E-state index contributed by atoms with van der Waals surface area (Å²) >= 11 is 0. The van der Waals surface area contributed by atoms with E-state index in [0.717, 1.165) is 70.5 Å². The highest BCUT2D eigenvalue weighted by atomic mass is 16.3. The van der Waals surface area contributed by atoms with E-state index in [2.05, 4.69) is 273 Å². The van der Waals surface area contributed by atoms with Gasteiger partial charge in [-0.15, -0.1) is 35.7 Å². The predicted molar refractivity (Wildman–Crippen MR) is 598 cm³/mol. The van der Waals surface area contributed by atoms with E-state index in [0.29, 0.717) is 113 Å². The van der Waals surface area contributed by atoms with Gasteiger partial charge in [0, 0.05) is 137 Å². The van der Waals surface area contributed by atoms with Gasteiger partial charge in [-0.25, -0.2) is 9.97 Å². The van der Waals surface area contributed by atoms with Crippen LogP contribution in [0.1, 0.15) is 435 Å². The van der Waals surface area contributed by atoms with Gasteiger partial charge in [-0.1, -0.05) is 325 Å². The Morgan fingerprint density at radius 3 is 0.951 bits per heavy atom. The minimum atomic E-state index is -0.356. The molecule has 2 atom stereocenters. The highest BCUT2D eigenvalue weighted by Crippen LogP contribution is 2.18. The fourth-order valence-corrected chi connectivity index (χ4v) is 7.62. The summed E-state index contributed by atoms with van der Waals surface area (Å²) in [5.41, 5.74) is 25.2. The number of imidazole rings is 2. The number of primary amides is 2. The van der Waals surface area contributed by atoms with Crippen molar-refractivity contribution in [3.63, 3.8) is 0 Å². The van der Waals surface area contributed by atoms with Gasteiger partial charge in [-0.3, -0.25) is 34.5 Å². The molecule has 0 bridgehead atoms. The van der Waals surface area contributed by atoms with Crippen LogP contribution < -0.4 is 44.4 Å². The van der Waals surface area contributed by atoms with Crippen molar-refractivity contribution in [1.82, 2.24) is 103 Å². The van der Waals surface area contributed by atoms with Gasteiger partial charge in [-0.05, 0) is 145 Å². The van der Waals surface area contributed by atoms with Gasteiger partial charge in [0.15, 0.2) is 17.5 Å². The van der Waals surface area contributed by atoms with Gasteiger partial charge in [0.25, 0.3) is 0 Å². The van der Waals surface area contributed by atoms with E-state index in [4.69, 9.17) is 28.0 Å². The molecule has 36 nitrogen and oxygen atoms in total. The number of aliphatic hydroxyl groups is 3. The number of pyridine rings is 1. The number of hydrogen-bond acceptors (Lipinski definition) is 25. The van der Waals surface area contributed by atoms with E-state index in [1.807, 2.05) is 223 Å². The van der Waals surface area contributed by atoms with Gasteiger partial charge in [0.05, 0.1) is 29.2 Å². The fourth-order valence-electron chi connectivity index (χ4n) is 7.62. The number of allylic oxidation sites excluding steroid dienone is 5. The zero-order valence-corrected chi connectivity index (χ0v) is 98.4. The molecule has 142 heavy (non-hydrogen) atoms. The number of carbonyl (C=O) groups excluding carboxylic acids is 3. The second-order valence-corrected chi connectivity index (χ2v) is 42.0. The number of H-pyrrole nitrogens is 6. The van der Waals surface area contributed by atoms with Crippen molar-refractivity contribution < 1.29 is 29.7 Å². The van der Waals surface area contributed by atoms with Crippen molar-refractivity contribution in [2.45, 2.75) is 431 Å². The molecule has 6 aromatic rings. The van der Waals surface area contributed by atoms with Gasteiger partial charge >= 0.3 is 0 Å². The number of aliphatic imine (C=N–C) groups is 2. The maximum atomic E-state index is 10.8. The maximum absolute atomic E-state index is 10.8. The number of hydrogen-bond donors (Lipinski definition) is 16. The smallest absolute Gasteiger partial charge is 0.247 e. The monoisotopic (exact) mass is 2000 g/mol. The first-order valence-electron chi connectivity index (χ1n) is 50.9. The number of aromatic nitrogens is 17. The Balaban J connectivity index is -0.000000163. The lowest BCUT2D eigenvalue weighted by Crippen LogP contribution is -2.38. The van der Waals surface area contributed by atoms with Crippen LogP contribution in [0.4, 0.5) is 0 Å². The van der Waals surface area contributed by atoms with Crippen LogP contribution in [-0.4, -0.2) is 180 Å². The normalized spacial score (nSPS) is 12.2. The third kappa shape index (κ3) is 110. The second-order valence-electron chi connectivity index (χ2n) is 42.0. The molecule has 2 aliphatic rings. The average molecular weight is 2010 g/mol. The Kier molecular flexibility index (Phi) is 99.5. The average Bonchev–Trinajstić information content (AvgIpc) is 1.75. The molecule has 0 saturated heterocycles. The molecule has 0 aliphatic carbocycles. The molecule has 8 heterocycles. The molecule has 2 unspecified atom stereocenters. The van der Waals surface area contributed by atoms with Crippen LogP contribution in [-0.2, 0) is 14.4 Å². The number of dihydropyridines is 1. The predicted octanol–water partition coefficient (Wildman–Crippen LogP) is 22.6. The molecule has 0 fully saturated rings. The molecule has 6 aromatic heterocycles. The zero-order valence-electron chi connectivity index (χ0n) is 98.4. The van der Waals surface area contributed by atoms with Crippen LogP contribution in [0.3, 0.4) is 0 Å². The van der Waals surface area contributed by atoms with Crippen molar-refractivity contribution >= 4 is 35.1 Å². The van der Waals surface area contributed by atoms with E-state index in [9.17, 15) is 29.4 Å². The quantitative estimate of drug-likeness (QED) is 0.0116. The second kappa shape index (κ2) is 93.0. The number of carbonyl (C=O) groups is 3. The molecule has 0 spiro atoms. The van der Waals surface area contributed by atoms with Crippen LogP contribution >= 0.6 is 0 Å². The lowest BCUT2D eigenvalue weighted by molar-refractivity contribution is -0.124. The van der Waals surface area contributed by atoms with Crippen molar-refractivity contribution in [1.29, 1.82) is 0 Å². The summed E-state index contributed by atoms with van der Waals surface area (Å²) in [5.74, 6) is 14.4. The molecule has 0 saturated carbocycles. The zero-order chi connectivity index (χ0) is 113. The largest absolute Gasteiger partial charge is 0.512 e. The number of tetrazole rings is 3. The first-order valence-corrected chi connectivity index (χ1v) is 50.9. The number of aliphatic hydroxyl groups excluding tert-OH is 3. The van der Waals surface area contributed by atoms with Crippen molar-refractivity contribution in [2.75, 3.05) is 6.54 Å². The Labute approximate surface area is 861 Å². The SMILES string of the molecule is C=C1C=CC=CN1.CC(C)/C=C(\O)C(C)C.CC(C)C.CC(C)C.CC(C)C(N)=O.CC(C)C(N)=O.CC(C)C1=NN=NC1.CC(C)CC(O)C(C)C.CC(C)N=C(N)C(C)C.CC(C)N=C(N)C(C)C.CC(C)NC(=O)C(C)C.CC(C)NC(O)C(C)C.CC(C)c1cnc(C(C)C)[nH]1.CC(C)c1cnc(C(C)C)[nH]1.CC(C)c1nn[nH]n1.CC(C)c1nn[nH]n1.CC(C)c1nn[nH]n1.O=c1cccc[nH]1. The molecule has 2 aliphatic heterocycles.